The number of hydrogen-bond acceptors (Lipinski definition) is 2. The smallest absolute Gasteiger partial charge is 0.0658 e. The molecule has 2 rings (SSSR count). The Balaban J connectivity index is 1.78. The summed E-state index contributed by atoms with van der Waals surface area (Å²) in [6, 6.07) is 0. The Bertz CT molecular complexity index is 183. The van der Waals surface area contributed by atoms with Crippen molar-refractivity contribution in [2.24, 2.45) is 5.92 Å². The quantitative estimate of drug-likeness (QED) is 0.761. The highest BCUT2D eigenvalue weighted by Gasteiger charge is 2.30. The van der Waals surface area contributed by atoms with Crippen LogP contribution in [0.15, 0.2) is 0 Å². The van der Waals surface area contributed by atoms with E-state index in [0.29, 0.717) is 5.25 Å². The molecule has 1 N–H and O–H groups in total. The highest BCUT2D eigenvalue weighted by molar-refractivity contribution is 8.00. The van der Waals surface area contributed by atoms with Gasteiger partial charge in [0, 0.05) is 10.5 Å². The average Bonchev–Trinajstić information content (AvgIpc) is 2.52. The molecular formula is C12H22OS. The van der Waals surface area contributed by atoms with Crippen molar-refractivity contribution in [3.8, 4) is 0 Å². The predicted octanol–water partition coefficient (Wildman–Crippen LogP) is 3.21. The Morgan fingerprint density at radius 1 is 1.07 bits per heavy atom. The summed E-state index contributed by atoms with van der Waals surface area (Å²) < 4.78 is 0. The minimum atomic E-state index is -0.00256. The van der Waals surface area contributed by atoms with Gasteiger partial charge in [-0.15, -0.1) is 0 Å². The van der Waals surface area contributed by atoms with Crippen molar-refractivity contribution in [2.45, 2.75) is 68.5 Å². The minimum absolute atomic E-state index is 0.00256. The Morgan fingerprint density at radius 2 is 1.86 bits per heavy atom. The van der Waals surface area contributed by atoms with Crippen molar-refractivity contribution in [3.05, 3.63) is 0 Å². The van der Waals surface area contributed by atoms with Crippen molar-refractivity contribution >= 4 is 11.8 Å². The van der Waals surface area contributed by atoms with E-state index in [1.54, 1.807) is 0 Å². The van der Waals surface area contributed by atoms with Crippen LogP contribution in [0.3, 0.4) is 0 Å². The first-order valence-electron chi connectivity index (χ1n) is 6.09. The summed E-state index contributed by atoms with van der Waals surface area (Å²) in [4.78, 5) is 0. The van der Waals surface area contributed by atoms with Crippen LogP contribution in [-0.2, 0) is 0 Å². The topological polar surface area (TPSA) is 20.2 Å². The zero-order valence-corrected chi connectivity index (χ0v) is 9.93. The van der Waals surface area contributed by atoms with Crippen LogP contribution in [0.25, 0.3) is 0 Å². The largest absolute Gasteiger partial charge is 0.392 e. The first-order chi connectivity index (χ1) is 6.75. The summed E-state index contributed by atoms with van der Waals surface area (Å²) >= 11 is 2.09. The van der Waals surface area contributed by atoms with E-state index >= 15 is 0 Å². The third kappa shape index (κ3) is 2.66. The normalized spacial score (nSPS) is 44.1. The molecule has 0 bridgehead atoms. The van der Waals surface area contributed by atoms with Gasteiger partial charge in [0.25, 0.3) is 0 Å². The summed E-state index contributed by atoms with van der Waals surface area (Å²) in [7, 11) is 0. The van der Waals surface area contributed by atoms with Gasteiger partial charge in [0.2, 0.25) is 0 Å². The highest BCUT2D eigenvalue weighted by Crippen LogP contribution is 2.39. The highest BCUT2D eigenvalue weighted by atomic mass is 32.2. The lowest BCUT2D eigenvalue weighted by Crippen LogP contribution is -2.23. The molecule has 0 aromatic heterocycles. The van der Waals surface area contributed by atoms with Crippen molar-refractivity contribution < 1.29 is 5.11 Å². The van der Waals surface area contributed by atoms with E-state index in [1.165, 1.54) is 38.5 Å². The fourth-order valence-electron chi connectivity index (χ4n) is 2.81. The molecule has 14 heavy (non-hydrogen) atoms. The molecule has 2 aliphatic rings. The van der Waals surface area contributed by atoms with Crippen molar-refractivity contribution in [1.82, 2.24) is 0 Å². The molecule has 82 valence electrons. The average molecular weight is 214 g/mol. The molecule has 2 aliphatic carbocycles. The lowest BCUT2D eigenvalue weighted by atomic mass is 9.91. The number of aliphatic hydroxyl groups is 1. The molecule has 0 saturated heterocycles. The summed E-state index contributed by atoms with van der Waals surface area (Å²) in [6.45, 7) is 2.37. The maximum atomic E-state index is 9.76. The van der Waals surface area contributed by atoms with Gasteiger partial charge in [-0.1, -0.05) is 19.8 Å². The minimum Gasteiger partial charge on any atom is -0.392 e. The van der Waals surface area contributed by atoms with Crippen LogP contribution in [0.5, 0.6) is 0 Å². The molecule has 4 atom stereocenters. The monoisotopic (exact) mass is 214 g/mol. The van der Waals surface area contributed by atoms with E-state index in [9.17, 15) is 5.11 Å². The van der Waals surface area contributed by atoms with Gasteiger partial charge in [0.05, 0.1) is 6.10 Å². The van der Waals surface area contributed by atoms with Gasteiger partial charge >= 0.3 is 0 Å². The molecule has 2 heteroatoms. The Kier molecular flexibility index (Phi) is 3.78. The summed E-state index contributed by atoms with van der Waals surface area (Å²) in [5, 5.41) is 11.2. The third-order valence-corrected chi connectivity index (χ3v) is 5.39. The fourth-order valence-corrected chi connectivity index (χ4v) is 4.67. The van der Waals surface area contributed by atoms with Crippen molar-refractivity contribution in [3.63, 3.8) is 0 Å². The van der Waals surface area contributed by atoms with Gasteiger partial charge in [-0.05, 0) is 38.0 Å². The van der Waals surface area contributed by atoms with Crippen molar-refractivity contribution in [2.75, 3.05) is 0 Å². The molecule has 2 saturated carbocycles. The maximum Gasteiger partial charge on any atom is 0.0658 e. The van der Waals surface area contributed by atoms with E-state index < -0.39 is 0 Å². The molecule has 0 amide bonds. The van der Waals surface area contributed by atoms with Crippen LogP contribution in [-0.4, -0.2) is 21.7 Å². The molecule has 0 aliphatic heterocycles. The number of thioether (sulfide) groups is 1. The predicted molar refractivity (Wildman–Crippen MR) is 62.7 cm³/mol. The van der Waals surface area contributed by atoms with E-state index in [-0.39, 0.29) is 6.10 Å². The van der Waals surface area contributed by atoms with E-state index in [1.807, 2.05) is 0 Å². The SMILES string of the molecule is CC1CCCC(S[C@@H]2CCC[C@H]2O)C1. The van der Waals surface area contributed by atoms with E-state index in [0.717, 1.165) is 17.6 Å². The Labute approximate surface area is 91.7 Å². The lowest BCUT2D eigenvalue weighted by molar-refractivity contribution is 0.187. The number of rotatable bonds is 2. The Hall–Kier alpha value is 0.310. The second-order valence-electron chi connectivity index (χ2n) is 5.07. The van der Waals surface area contributed by atoms with Crippen LogP contribution in [0.4, 0.5) is 0 Å². The van der Waals surface area contributed by atoms with Gasteiger partial charge in [-0.2, -0.15) is 11.8 Å². The molecule has 2 unspecified atom stereocenters. The first kappa shape index (κ1) is 10.8. The number of aliphatic hydroxyl groups excluding tert-OH is 1. The van der Waals surface area contributed by atoms with Crippen LogP contribution in [0, 0.1) is 5.92 Å². The van der Waals surface area contributed by atoms with Crippen molar-refractivity contribution in [1.29, 1.82) is 0 Å². The Morgan fingerprint density at radius 3 is 2.50 bits per heavy atom. The summed E-state index contributed by atoms with van der Waals surface area (Å²) in [6.07, 6.45) is 9.12. The molecular weight excluding hydrogens is 192 g/mol. The van der Waals surface area contributed by atoms with Gasteiger partial charge < -0.3 is 5.11 Å². The van der Waals surface area contributed by atoms with Gasteiger partial charge in [0.1, 0.15) is 0 Å². The molecule has 0 aromatic carbocycles. The first-order valence-corrected chi connectivity index (χ1v) is 7.03. The molecule has 0 aromatic rings. The lowest BCUT2D eigenvalue weighted by Gasteiger charge is -2.29. The van der Waals surface area contributed by atoms with Crippen LogP contribution < -0.4 is 0 Å². The third-order valence-electron chi connectivity index (χ3n) is 3.67. The molecule has 0 radical (unpaired) electrons. The van der Waals surface area contributed by atoms with E-state index in [4.69, 9.17) is 0 Å². The second-order valence-corrected chi connectivity index (χ2v) is 6.61. The standard InChI is InChI=1S/C12H22OS/c1-9-4-2-5-10(8-9)14-12-7-3-6-11(12)13/h9-13H,2-8H2,1H3/t9?,10?,11-,12-/m1/s1. The van der Waals surface area contributed by atoms with Crippen LogP contribution >= 0.6 is 11.8 Å². The van der Waals surface area contributed by atoms with Gasteiger partial charge in [0.15, 0.2) is 0 Å². The molecule has 0 spiro atoms. The maximum absolute atomic E-state index is 9.76. The molecule has 0 heterocycles. The van der Waals surface area contributed by atoms with Crippen LogP contribution in [0.2, 0.25) is 0 Å². The number of hydrogen-bond donors (Lipinski definition) is 1. The van der Waals surface area contributed by atoms with Gasteiger partial charge in [-0.3, -0.25) is 0 Å². The van der Waals surface area contributed by atoms with Gasteiger partial charge in [-0.25, -0.2) is 0 Å². The summed E-state index contributed by atoms with van der Waals surface area (Å²) in [5.74, 6) is 0.916. The fraction of sp³-hybridized carbons (Fsp3) is 1.00. The second kappa shape index (κ2) is 4.89. The summed E-state index contributed by atoms with van der Waals surface area (Å²) in [5.41, 5.74) is 0. The zero-order valence-electron chi connectivity index (χ0n) is 9.11. The van der Waals surface area contributed by atoms with Crippen LogP contribution in [0.1, 0.15) is 51.9 Å². The molecule has 2 fully saturated rings. The van der Waals surface area contributed by atoms with E-state index in [2.05, 4.69) is 18.7 Å². The molecule has 1 nitrogen and oxygen atoms in total. The zero-order chi connectivity index (χ0) is 9.97.